The number of imide groups is 1. The summed E-state index contributed by atoms with van der Waals surface area (Å²) in [6.07, 6.45) is 1.58. The SMILES string of the molecule is CCN(CC)c1ccc(/C=C2/C(=O)N(c3c(Cl)cc(Cl)cc3Cl)N=C2NC(=O)c2cccc(N3C(=O)c4ccc(C(=O)O)cc4C3=O)c2)cc1. The van der Waals surface area contributed by atoms with Crippen LogP contribution in [-0.2, 0) is 4.79 Å². The molecule has 50 heavy (non-hydrogen) atoms. The number of amidine groups is 1. The fourth-order valence-electron chi connectivity index (χ4n) is 5.64. The molecular weight excluding hydrogens is 705 g/mol. The van der Waals surface area contributed by atoms with Gasteiger partial charge in [-0.25, -0.2) is 9.69 Å². The molecule has 0 fully saturated rings. The number of carbonyl (C=O) groups excluding carboxylic acids is 4. The summed E-state index contributed by atoms with van der Waals surface area (Å²) in [4.78, 5) is 68.5. The second-order valence-corrected chi connectivity index (χ2v) is 12.4. The second kappa shape index (κ2) is 13.8. The van der Waals surface area contributed by atoms with Crippen molar-refractivity contribution in [1.82, 2.24) is 5.32 Å². The van der Waals surface area contributed by atoms with E-state index in [4.69, 9.17) is 34.8 Å². The van der Waals surface area contributed by atoms with Crippen LogP contribution in [0.5, 0.6) is 0 Å². The molecular formula is C36H26Cl3N5O6. The fourth-order valence-corrected chi connectivity index (χ4v) is 6.61. The molecule has 0 unspecified atom stereocenters. The zero-order valence-electron chi connectivity index (χ0n) is 26.4. The highest BCUT2D eigenvalue weighted by atomic mass is 35.5. The average Bonchev–Trinajstić information content (AvgIpc) is 3.52. The van der Waals surface area contributed by atoms with Crippen LogP contribution in [0.3, 0.4) is 0 Å². The van der Waals surface area contributed by atoms with Gasteiger partial charge in [0, 0.05) is 29.4 Å². The molecule has 4 amide bonds. The molecule has 0 atom stereocenters. The van der Waals surface area contributed by atoms with E-state index < -0.39 is 29.6 Å². The van der Waals surface area contributed by atoms with E-state index in [0.717, 1.165) is 34.8 Å². The molecule has 11 nitrogen and oxygen atoms in total. The van der Waals surface area contributed by atoms with Gasteiger partial charge in [-0.2, -0.15) is 5.01 Å². The molecule has 2 N–H and O–H groups in total. The smallest absolute Gasteiger partial charge is 0.335 e. The van der Waals surface area contributed by atoms with Gasteiger partial charge in [0.2, 0.25) is 0 Å². The minimum absolute atomic E-state index is 0.0294. The van der Waals surface area contributed by atoms with E-state index in [1.807, 2.05) is 24.3 Å². The first-order chi connectivity index (χ1) is 23.9. The number of amides is 4. The van der Waals surface area contributed by atoms with E-state index in [-0.39, 0.29) is 60.1 Å². The van der Waals surface area contributed by atoms with Gasteiger partial charge in [0.1, 0.15) is 5.69 Å². The number of anilines is 3. The van der Waals surface area contributed by atoms with E-state index in [1.165, 1.54) is 48.5 Å². The van der Waals surface area contributed by atoms with Gasteiger partial charge in [-0.05, 0) is 86.2 Å². The standard InChI is InChI=1S/C36H26Cl3N5O6/c1-3-42(4-2)23-11-8-19(9-12-23)14-27-31(41-44(35(27)48)30-28(38)17-22(37)18-29(30)39)40-32(45)20-6-5-7-24(15-20)43-33(46)25-13-10-21(36(49)50)16-26(25)34(43)47/h5-18H,3-4H2,1-2H3,(H,49,50)(H,40,41,45)/b27-14+. The predicted molar refractivity (Wildman–Crippen MR) is 193 cm³/mol. The lowest BCUT2D eigenvalue weighted by Crippen LogP contribution is -2.32. The van der Waals surface area contributed by atoms with Crippen molar-refractivity contribution < 1.29 is 29.1 Å². The van der Waals surface area contributed by atoms with Crippen LogP contribution < -0.4 is 20.1 Å². The molecule has 0 aromatic heterocycles. The number of hydrogen-bond acceptors (Lipinski definition) is 7. The van der Waals surface area contributed by atoms with Crippen molar-refractivity contribution in [2.75, 3.05) is 27.9 Å². The quantitative estimate of drug-likeness (QED) is 0.145. The third-order valence-corrected chi connectivity index (χ3v) is 8.93. The van der Waals surface area contributed by atoms with E-state index in [0.29, 0.717) is 5.56 Å². The zero-order valence-corrected chi connectivity index (χ0v) is 28.7. The number of hydrogen-bond donors (Lipinski definition) is 2. The monoisotopic (exact) mass is 729 g/mol. The van der Waals surface area contributed by atoms with Crippen molar-refractivity contribution in [2.45, 2.75) is 13.8 Å². The lowest BCUT2D eigenvalue weighted by atomic mass is 10.1. The van der Waals surface area contributed by atoms with Crippen LogP contribution >= 0.6 is 34.8 Å². The van der Waals surface area contributed by atoms with Gasteiger partial charge in [0.25, 0.3) is 23.6 Å². The fraction of sp³-hybridized carbons (Fsp3) is 0.111. The largest absolute Gasteiger partial charge is 0.478 e. The third kappa shape index (κ3) is 6.34. The van der Waals surface area contributed by atoms with Gasteiger partial charge in [0.15, 0.2) is 5.84 Å². The summed E-state index contributed by atoms with van der Waals surface area (Å²) in [7, 11) is 0. The van der Waals surface area contributed by atoms with E-state index >= 15 is 0 Å². The molecule has 0 aliphatic carbocycles. The number of carboxylic acid groups (broad SMARTS) is 1. The van der Waals surface area contributed by atoms with Crippen LogP contribution in [0.4, 0.5) is 17.1 Å². The van der Waals surface area contributed by atoms with Crippen molar-refractivity contribution >= 4 is 93.4 Å². The van der Waals surface area contributed by atoms with Gasteiger partial charge in [-0.3, -0.25) is 19.2 Å². The Bertz CT molecular complexity index is 2160. The predicted octanol–water partition coefficient (Wildman–Crippen LogP) is 7.17. The highest BCUT2D eigenvalue weighted by Crippen LogP contribution is 2.39. The van der Waals surface area contributed by atoms with Gasteiger partial charge < -0.3 is 15.3 Å². The Labute approximate surface area is 300 Å². The topological polar surface area (TPSA) is 140 Å². The minimum Gasteiger partial charge on any atom is -0.478 e. The summed E-state index contributed by atoms with van der Waals surface area (Å²) in [6.45, 7) is 5.73. The number of benzene rings is 4. The van der Waals surface area contributed by atoms with E-state index in [2.05, 4.69) is 29.2 Å². The molecule has 2 aliphatic rings. The molecule has 0 bridgehead atoms. The maximum atomic E-state index is 13.9. The number of hydrazone groups is 1. The van der Waals surface area contributed by atoms with Crippen LogP contribution in [0.2, 0.25) is 15.1 Å². The summed E-state index contributed by atoms with van der Waals surface area (Å²) >= 11 is 19.0. The Morgan fingerprint density at radius 3 is 2.12 bits per heavy atom. The molecule has 0 radical (unpaired) electrons. The van der Waals surface area contributed by atoms with Crippen molar-refractivity contribution in [3.8, 4) is 0 Å². The number of rotatable bonds is 8. The van der Waals surface area contributed by atoms with Crippen LogP contribution in [0.1, 0.15) is 60.8 Å². The van der Waals surface area contributed by atoms with E-state index in [9.17, 15) is 29.1 Å². The number of aromatic carboxylic acids is 1. The molecule has 2 heterocycles. The third-order valence-electron chi connectivity index (χ3n) is 8.14. The van der Waals surface area contributed by atoms with E-state index in [1.54, 1.807) is 6.08 Å². The van der Waals surface area contributed by atoms with Gasteiger partial charge >= 0.3 is 5.97 Å². The first-order valence-corrected chi connectivity index (χ1v) is 16.4. The number of fused-ring (bicyclic) bond motifs is 1. The van der Waals surface area contributed by atoms with Crippen LogP contribution in [0.25, 0.3) is 6.08 Å². The zero-order chi connectivity index (χ0) is 35.9. The Balaban J connectivity index is 1.34. The van der Waals surface area contributed by atoms with Crippen molar-refractivity contribution in [3.63, 3.8) is 0 Å². The van der Waals surface area contributed by atoms with Gasteiger partial charge in [0.05, 0.1) is 38.0 Å². The number of halogens is 3. The van der Waals surface area contributed by atoms with Gasteiger partial charge in [-0.15, -0.1) is 5.10 Å². The number of nitrogens with zero attached hydrogens (tertiary/aromatic N) is 4. The average molecular weight is 731 g/mol. The summed E-state index contributed by atoms with van der Waals surface area (Å²) in [5.41, 5.74) is 1.68. The molecule has 14 heteroatoms. The maximum absolute atomic E-state index is 13.9. The van der Waals surface area contributed by atoms with Crippen LogP contribution in [0, 0.1) is 0 Å². The summed E-state index contributed by atoms with van der Waals surface area (Å²) < 4.78 is 0. The van der Waals surface area contributed by atoms with Crippen molar-refractivity contribution in [2.24, 2.45) is 5.10 Å². The molecule has 0 spiro atoms. The van der Waals surface area contributed by atoms with Crippen LogP contribution in [-0.4, -0.2) is 53.6 Å². The lowest BCUT2D eigenvalue weighted by molar-refractivity contribution is -0.114. The molecule has 252 valence electrons. The molecule has 6 rings (SSSR count). The normalized spacial score (nSPS) is 14.7. The number of carbonyl (C=O) groups is 5. The Kier molecular flexibility index (Phi) is 9.48. The minimum atomic E-state index is -1.25. The summed E-state index contributed by atoms with van der Waals surface area (Å²) in [5, 5.41) is 17.7. The van der Waals surface area contributed by atoms with Gasteiger partial charge in [-0.1, -0.05) is 53.0 Å². The highest BCUT2D eigenvalue weighted by molar-refractivity contribution is 6.44. The number of nitrogens with one attached hydrogen (secondary N) is 1. The highest BCUT2D eigenvalue weighted by Gasteiger charge is 2.38. The summed E-state index contributed by atoms with van der Waals surface area (Å²) in [6, 6.07) is 19.7. The number of carboxylic acids is 1. The lowest BCUT2D eigenvalue weighted by Gasteiger charge is -2.20. The molecule has 4 aromatic carbocycles. The first kappa shape index (κ1) is 34.4. The maximum Gasteiger partial charge on any atom is 0.335 e. The van der Waals surface area contributed by atoms with Crippen molar-refractivity contribution in [1.29, 1.82) is 0 Å². The molecule has 0 saturated carbocycles. The van der Waals surface area contributed by atoms with Crippen LogP contribution in [0.15, 0.2) is 89.5 Å². The molecule has 2 aliphatic heterocycles. The molecule has 4 aromatic rings. The Morgan fingerprint density at radius 2 is 1.48 bits per heavy atom. The first-order valence-electron chi connectivity index (χ1n) is 15.2. The molecule has 0 saturated heterocycles. The Morgan fingerprint density at radius 1 is 0.820 bits per heavy atom. The summed E-state index contributed by atoms with van der Waals surface area (Å²) in [5.74, 6) is -4.10. The van der Waals surface area contributed by atoms with Crippen molar-refractivity contribution in [3.05, 3.63) is 127 Å². The Hall–Kier alpha value is -5.49. The second-order valence-electron chi connectivity index (χ2n) is 11.1.